The lowest BCUT2D eigenvalue weighted by Gasteiger charge is -2.45. The third-order valence-corrected chi connectivity index (χ3v) is 6.44. The van der Waals surface area contributed by atoms with E-state index in [1.165, 1.54) is 5.57 Å². The molecule has 2 aliphatic heterocycles. The minimum atomic E-state index is -0.569. The maximum absolute atomic E-state index is 12.7. The highest BCUT2D eigenvalue weighted by atomic mass is 16.6. The Morgan fingerprint density at radius 1 is 1.23 bits per heavy atom. The number of hydrogen-bond donors (Lipinski definition) is 1. The number of fused-ring (bicyclic) bond motifs is 1. The van der Waals surface area contributed by atoms with Crippen LogP contribution in [0.4, 0.5) is 10.5 Å². The van der Waals surface area contributed by atoms with Gasteiger partial charge in [-0.3, -0.25) is 4.79 Å². The molecule has 0 aromatic heterocycles. The van der Waals surface area contributed by atoms with Gasteiger partial charge in [-0.2, -0.15) is 0 Å². The molecule has 1 saturated carbocycles. The van der Waals surface area contributed by atoms with Gasteiger partial charge in [-0.1, -0.05) is 19.1 Å². The van der Waals surface area contributed by atoms with Crippen molar-refractivity contribution in [3.8, 4) is 0 Å². The molecule has 1 aliphatic carbocycles. The van der Waals surface area contributed by atoms with E-state index in [9.17, 15) is 9.59 Å². The van der Waals surface area contributed by atoms with Crippen molar-refractivity contribution in [2.24, 2.45) is 11.8 Å². The first kappa shape index (κ1) is 21.9. The van der Waals surface area contributed by atoms with Crippen LogP contribution in [-0.4, -0.2) is 36.9 Å². The second-order valence-corrected chi connectivity index (χ2v) is 10.0. The Balaban J connectivity index is 1.76. The van der Waals surface area contributed by atoms with Crippen LogP contribution < -0.4 is 10.2 Å². The summed E-state index contributed by atoms with van der Waals surface area (Å²) >= 11 is 0. The van der Waals surface area contributed by atoms with Crippen LogP contribution in [0, 0.1) is 11.8 Å². The Bertz CT molecular complexity index is 897. The molecular formula is C25H34N2O4. The molecule has 31 heavy (non-hydrogen) atoms. The summed E-state index contributed by atoms with van der Waals surface area (Å²) in [6, 6.07) is 6.15. The first-order chi connectivity index (χ1) is 14.7. The molecule has 6 nitrogen and oxygen atoms in total. The predicted molar refractivity (Wildman–Crippen MR) is 121 cm³/mol. The number of carbonyl (C=O) groups excluding carboxylic acids is 2. The Morgan fingerprint density at radius 2 is 1.97 bits per heavy atom. The smallest absolute Gasteiger partial charge is 0.408 e. The maximum Gasteiger partial charge on any atom is 0.408 e. The molecule has 2 amide bonds. The van der Waals surface area contributed by atoms with Crippen molar-refractivity contribution in [1.29, 1.82) is 0 Å². The summed E-state index contributed by atoms with van der Waals surface area (Å²) in [5, 5.41) is 3.14. The predicted octanol–water partition coefficient (Wildman–Crippen LogP) is 4.84. The highest BCUT2D eigenvalue weighted by Gasteiger charge is 2.48. The van der Waals surface area contributed by atoms with Gasteiger partial charge in [0.05, 0.1) is 19.3 Å². The number of carbonyl (C=O) groups is 2. The average molecular weight is 427 g/mol. The lowest BCUT2D eigenvalue weighted by molar-refractivity contribution is -0.117. The van der Waals surface area contributed by atoms with Crippen LogP contribution in [0.3, 0.4) is 0 Å². The van der Waals surface area contributed by atoms with Gasteiger partial charge in [-0.05, 0) is 74.8 Å². The Hall–Kier alpha value is -2.34. The molecule has 3 aliphatic rings. The second-order valence-electron chi connectivity index (χ2n) is 10.0. The minimum absolute atomic E-state index is 0.0544. The molecule has 3 atom stereocenters. The van der Waals surface area contributed by atoms with Gasteiger partial charge in [0.2, 0.25) is 5.91 Å². The van der Waals surface area contributed by atoms with E-state index < -0.39 is 11.7 Å². The van der Waals surface area contributed by atoms with Crippen molar-refractivity contribution in [3.05, 3.63) is 35.4 Å². The molecule has 0 saturated heterocycles. The summed E-state index contributed by atoms with van der Waals surface area (Å²) in [7, 11) is 0. The SMILES string of the molecule is CC(=O)N1c2ccc(C3=CCOCC3)cc2[C@H](NC(=O)OC(C)(C)C)[C@@H](C)[C@@H]1C1CC1. The van der Waals surface area contributed by atoms with E-state index in [0.717, 1.165) is 36.1 Å². The lowest BCUT2D eigenvalue weighted by atomic mass is 9.79. The Kier molecular flexibility index (Phi) is 5.86. The van der Waals surface area contributed by atoms with Gasteiger partial charge < -0.3 is 19.7 Å². The molecule has 1 aromatic carbocycles. The van der Waals surface area contributed by atoms with Crippen LogP contribution in [0.5, 0.6) is 0 Å². The van der Waals surface area contributed by atoms with Gasteiger partial charge in [0.15, 0.2) is 0 Å². The highest BCUT2D eigenvalue weighted by Crippen LogP contribution is 2.49. The highest BCUT2D eigenvalue weighted by molar-refractivity contribution is 5.94. The third kappa shape index (κ3) is 4.64. The molecule has 1 fully saturated rings. The van der Waals surface area contributed by atoms with E-state index in [1.54, 1.807) is 6.92 Å². The van der Waals surface area contributed by atoms with Gasteiger partial charge in [-0.15, -0.1) is 0 Å². The van der Waals surface area contributed by atoms with Crippen LogP contribution in [0.25, 0.3) is 5.57 Å². The van der Waals surface area contributed by atoms with Crippen LogP contribution in [-0.2, 0) is 14.3 Å². The molecule has 4 rings (SSSR count). The van der Waals surface area contributed by atoms with Crippen molar-refractivity contribution < 1.29 is 19.1 Å². The average Bonchev–Trinajstić information content (AvgIpc) is 3.53. The number of amides is 2. The number of anilines is 1. The summed E-state index contributed by atoms with van der Waals surface area (Å²) in [5.41, 5.74) is 3.69. The monoisotopic (exact) mass is 426 g/mol. The minimum Gasteiger partial charge on any atom is -0.444 e. The fourth-order valence-corrected chi connectivity index (χ4v) is 4.99. The Labute approximate surface area is 185 Å². The lowest BCUT2D eigenvalue weighted by Crippen LogP contribution is -2.53. The van der Waals surface area contributed by atoms with E-state index in [1.807, 2.05) is 31.7 Å². The molecule has 0 unspecified atom stereocenters. The van der Waals surface area contributed by atoms with Gasteiger partial charge in [-0.25, -0.2) is 4.79 Å². The van der Waals surface area contributed by atoms with E-state index in [0.29, 0.717) is 19.1 Å². The van der Waals surface area contributed by atoms with Crippen LogP contribution in [0.1, 0.15) is 71.0 Å². The van der Waals surface area contributed by atoms with Crippen molar-refractivity contribution in [2.75, 3.05) is 18.1 Å². The maximum atomic E-state index is 12.7. The molecule has 0 bridgehead atoms. The molecule has 1 aromatic rings. The third-order valence-electron chi connectivity index (χ3n) is 6.44. The standard InChI is InChI=1S/C25H34N2O4/c1-15-22(26-24(29)31-25(3,4)5)20-14-19(17-10-12-30-13-11-17)8-9-21(20)27(16(2)28)23(15)18-6-7-18/h8-10,14-15,18,22-23H,6-7,11-13H2,1-5H3,(H,26,29)/t15-,22-,23-/m1/s1. The zero-order chi connectivity index (χ0) is 22.3. The largest absolute Gasteiger partial charge is 0.444 e. The van der Waals surface area contributed by atoms with Crippen molar-refractivity contribution in [2.45, 2.75) is 71.6 Å². The molecule has 0 spiro atoms. The van der Waals surface area contributed by atoms with E-state index >= 15 is 0 Å². The quantitative estimate of drug-likeness (QED) is 0.751. The van der Waals surface area contributed by atoms with E-state index in [-0.39, 0.29) is 23.9 Å². The first-order valence-corrected chi connectivity index (χ1v) is 11.4. The summed E-state index contributed by atoms with van der Waals surface area (Å²) in [6.07, 6.45) is 4.80. The van der Waals surface area contributed by atoms with Crippen molar-refractivity contribution in [1.82, 2.24) is 5.32 Å². The van der Waals surface area contributed by atoms with Crippen LogP contribution in [0.2, 0.25) is 0 Å². The van der Waals surface area contributed by atoms with Crippen LogP contribution in [0.15, 0.2) is 24.3 Å². The molecule has 168 valence electrons. The molecule has 2 heterocycles. The summed E-state index contributed by atoms with van der Waals surface area (Å²) in [6.45, 7) is 10.7. The fraction of sp³-hybridized carbons (Fsp3) is 0.600. The van der Waals surface area contributed by atoms with E-state index in [4.69, 9.17) is 9.47 Å². The number of alkyl carbamates (subject to hydrolysis) is 1. The molecule has 1 N–H and O–H groups in total. The van der Waals surface area contributed by atoms with E-state index in [2.05, 4.69) is 30.4 Å². The normalized spacial score (nSPS) is 26.0. The van der Waals surface area contributed by atoms with Crippen molar-refractivity contribution in [3.63, 3.8) is 0 Å². The van der Waals surface area contributed by atoms with Gasteiger partial charge in [0.25, 0.3) is 0 Å². The number of hydrogen-bond acceptors (Lipinski definition) is 4. The topological polar surface area (TPSA) is 67.9 Å². The zero-order valence-corrected chi connectivity index (χ0v) is 19.2. The molecular weight excluding hydrogens is 392 g/mol. The second kappa shape index (κ2) is 8.30. The Morgan fingerprint density at radius 3 is 2.55 bits per heavy atom. The molecule has 6 heteroatoms. The first-order valence-electron chi connectivity index (χ1n) is 11.4. The van der Waals surface area contributed by atoms with Gasteiger partial charge in [0.1, 0.15) is 5.60 Å². The summed E-state index contributed by atoms with van der Waals surface area (Å²) in [5.74, 6) is 0.613. The van der Waals surface area contributed by atoms with Gasteiger partial charge >= 0.3 is 6.09 Å². The summed E-state index contributed by atoms with van der Waals surface area (Å²) < 4.78 is 11.0. The van der Waals surface area contributed by atoms with Crippen LogP contribution >= 0.6 is 0 Å². The van der Waals surface area contributed by atoms with Crippen molar-refractivity contribution >= 4 is 23.3 Å². The summed E-state index contributed by atoms with van der Waals surface area (Å²) in [4.78, 5) is 27.4. The number of benzene rings is 1. The fourth-order valence-electron chi connectivity index (χ4n) is 4.99. The number of nitrogens with zero attached hydrogens (tertiary/aromatic N) is 1. The number of nitrogens with one attached hydrogen (secondary N) is 1. The molecule has 0 radical (unpaired) electrons. The zero-order valence-electron chi connectivity index (χ0n) is 19.2. The van der Waals surface area contributed by atoms with Gasteiger partial charge in [0, 0.05) is 24.6 Å². The number of ether oxygens (including phenoxy) is 2. The number of rotatable bonds is 3.